The number of nitrogens with one attached hydrogen (secondary N) is 2. The van der Waals surface area contributed by atoms with Crippen molar-refractivity contribution in [3.63, 3.8) is 0 Å². The lowest BCUT2D eigenvalue weighted by atomic mass is 9.85. The highest BCUT2D eigenvalue weighted by Gasteiger charge is 2.26. The first kappa shape index (κ1) is 18.9. The Labute approximate surface area is 166 Å². The van der Waals surface area contributed by atoms with Crippen LogP contribution in [0.5, 0.6) is 0 Å². The van der Waals surface area contributed by atoms with Crippen molar-refractivity contribution in [1.29, 1.82) is 0 Å². The van der Waals surface area contributed by atoms with Crippen molar-refractivity contribution in [1.82, 2.24) is 15.3 Å². The Bertz CT molecular complexity index is 852. The van der Waals surface area contributed by atoms with Crippen LogP contribution in [0.1, 0.15) is 80.4 Å². The number of amides is 1. The normalized spacial score (nSPS) is 19.0. The minimum Gasteiger partial charge on any atom is -0.349 e. The summed E-state index contributed by atoms with van der Waals surface area (Å²) < 4.78 is 0. The lowest BCUT2D eigenvalue weighted by Crippen LogP contribution is -2.36. The highest BCUT2D eigenvalue weighted by atomic mass is 16.2. The topological polar surface area (TPSA) is 74.8 Å². The van der Waals surface area contributed by atoms with Gasteiger partial charge >= 0.3 is 0 Å². The number of hydrogen-bond acceptors (Lipinski definition) is 3. The van der Waals surface area contributed by atoms with Crippen molar-refractivity contribution in [2.75, 3.05) is 0 Å². The summed E-state index contributed by atoms with van der Waals surface area (Å²) in [5, 5.41) is 3.26. The van der Waals surface area contributed by atoms with Gasteiger partial charge in [0, 0.05) is 24.3 Å². The van der Waals surface area contributed by atoms with Gasteiger partial charge in [0.1, 0.15) is 5.82 Å². The number of nitrogens with zero attached hydrogens (tertiary/aromatic N) is 1. The number of carbonyl (C=O) groups is 1. The van der Waals surface area contributed by atoms with Gasteiger partial charge in [-0.25, -0.2) is 4.98 Å². The molecular formula is C23H29N3O2. The van der Waals surface area contributed by atoms with Gasteiger partial charge in [0.2, 0.25) is 5.91 Å². The largest absolute Gasteiger partial charge is 0.349 e. The van der Waals surface area contributed by atoms with Gasteiger partial charge in [-0.2, -0.15) is 0 Å². The summed E-state index contributed by atoms with van der Waals surface area (Å²) >= 11 is 0. The highest BCUT2D eigenvalue weighted by molar-refractivity contribution is 5.79. The molecule has 2 fully saturated rings. The fourth-order valence-electron chi connectivity index (χ4n) is 4.31. The SMILES string of the molecule is O=C(N[C@H](Cc1cc(=O)[nH]c(C2CCC2)n1)c1ccccc1)C1CCCCC1. The summed E-state index contributed by atoms with van der Waals surface area (Å²) in [5.41, 5.74) is 1.71. The van der Waals surface area contributed by atoms with E-state index in [1.54, 1.807) is 6.07 Å². The summed E-state index contributed by atoms with van der Waals surface area (Å²) in [6, 6.07) is 11.4. The lowest BCUT2D eigenvalue weighted by molar-refractivity contribution is -0.126. The van der Waals surface area contributed by atoms with E-state index in [2.05, 4.69) is 10.3 Å². The summed E-state index contributed by atoms with van der Waals surface area (Å²) in [5.74, 6) is 1.43. The van der Waals surface area contributed by atoms with Gasteiger partial charge in [-0.1, -0.05) is 56.0 Å². The average Bonchev–Trinajstić information content (AvgIpc) is 2.67. The van der Waals surface area contributed by atoms with E-state index in [0.717, 1.165) is 55.6 Å². The smallest absolute Gasteiger partial charge is 0.251 e. The van der Waals surface area contributed by atoms with Crippen molar-refractivity contribution in [2.45, 2.75) is 69.7 Å². The zero-order valence-corrected chi connectivity index (χ0v) is 16.3. The first-order chi connectivity index (χ1) is 13.7. The molecule has 5 heteroatoms. The van der Waals surface area contributed by atoms with Crippen molar-refractivity contribution >= 4 is 5.91 Å². The summed E-state index contributed by atoms with van der Waals surface area (Å²) in [6.07, 6.45) is 9.36. The van der Waals surface area contributed by atoms with E-state index < -0.39 is 0 Å². The first-order valence-electron chi connectivity index (χ1n) is 10.6. The third-order valence-corrected chi connectivity index (χ3v) is 6.21. The van der Waals surface area contributed by atoms with Gasteiger partial charge in [-0.3, -0.25) is 9.59 Å². The molecule has 1 aromatic heterocycles. The van der Waals surface area contributed by atoms with Gasteiger partial charge in [-0.05, 0) is 31.2 Å². The number of carbonyl (C=O) groups excluding carboxylic acids is 1. The van der Waals surface area contributed by atoms with Crippen molar-refractivity contribution in [2.24, 2.45) is 5.92 Å². The summed E-state index contributed by atoms with van der Waals surface area (Å²) in [6.45, 7) is 0. The van der Waals surface area contributed by atoms with Crippen LogP contribution >= 0.6 is 0 Å². The van der Waals surface area contributed by atoms with Crippen LogP contribution in [0, 0.1) is 5.92 Å². The number of aromatic amines is 1. The molecule has 1 atom stereocenters. The molecule has 0 spiro atoms. The molecule has 2 aliphatic carbocycles. The predicted molar refractivity (Wildman–Crippen MR) is 109 cm³/mol. The fraction of sp³-hybridized carbons (Fsp3) is 0.522. The maximum absolute atomic E-state index is 12.9. The van der Waals surface area contributed by atoms with Gasteiger partial charge < -0.3 is 10.3 Å². The van der Waals surface area contributed by atoms with Gasteiger partial charge in [0.05, 0.1) is 11.7 Å². The molecule has 28 heavy (non-hydrogen) atoms. The van der Waals surface area contributed by atoms with Crippen LogP contribution < -0.4 is 10.9 Å². The zero-order chi connectivity index (χ0) is 19.3. The van der Waals surface area contributed by atoms with E-state index in [-0.39, 0.29) is 23.4 Å². The Morgan fingerprint density at radius 1 is 1.07 bits per heavy atom. The van der Waals surface area contributed by atoms with Crippen molar-refractivity contribution < 1.29 is 4.79 Å². The number of hydrogen-bond donors (Lipinski definition) is 2. The molecule has 2 aliphatic rings. The minimum absolute atomic E-state index is 0.0997. The van der Waals surface area contributed by atoms with Gasteiger partial charge in [0.15, 0.2) is 0 Å². The van der Waals surface area contributed by atoms with Crippen LogP contribution in [0.2, 0.25) is 0 Å². The molecule has 148 valence electrons. The lowest BCUT2D eigenvalue weighted by Gasteiger charge is -2.26. The Morgan fingerprint density at radius 3 is 2.50 bits per heavy atom. The molecule has 0 aliphatic heterocycles. The molecule has 0 unspecified atom stereocenters. The van der Waals surface area contributed by atoms with E-state index >= 15 is 0 Å². The molecule has 2 N–H and O–H groups in total. The van der Waals surface area contributed by atoms with E-state index in [1.807, 2.05) is 30.3 Å². The molecule has 0 bridgehead atoms. The quantitative estimate of drug-likeness (QED) is 0.796. The second kappa shape index (κ2) is 8.72. The number of rotatable bonds is 6. The van der Waals surface area contributed by atoms with Crippen LogP contribution in [0.15, 0.2) is 41.2 Å². The molecule has 1 amide bonds. The van der Waals surface area contributed by atoms with Gasteiger partial charge in [-0.15, -0.1) is 0 Å². The zero-order valence-electron chi connectivity index (χ0n) is 16.3. The molecule has 2 saturated carbocycles. The van der Waals surface area contributed by atoms with Crippen LogP contribution in [-0.2, 0) is 11.2 Å². The third-order valence-electron chi connectivity index (χ3n) is 6.21. The Hall–Kier alpha value is -2.43. The minimum atomic E-state index is -0.167. The molecule has 1 aromatic carbocycles. The monoisotopic (exact) mass is 379 g/mol. The van der Waals surface area contributed by atoms with E-state index in [9.17, 15) is 9.59 Å². The van der Waals surface area contributed by atoms with Crippen LogP contribution in [-0.4, -0.2) is 15.9 Å². The molecule has 4 rings (SSSR count). The Morgan fingerprint density at radius 2 is 1.82 bits per heavy atom. The fourth-order valence-corrected chi connectivity index (χ4v) is 4.31. The highest BCUT2D eigenvalue weighted by Crippen LogP contribution is 2.34. The standard InChI is InChI=1S/C23H29N3O2/c27-21-15-19(24-22(26-21)17-12-7-13-17)14-20(16-8-3-1-4-9-16)25-23(28)18-10-5-2-6-11-18/h1,3-4,8-9,15,17-18,20H,2,5-7,10-14H2,(H,25,28)(H,24,26,27)/t20-/m1/s1. The number of aromatic nitrogens is 2. The maximum Gasteiger partial charge on any atom is 0.251 e. The van der Waals surface area contributed by atoms with Crippen LogP contribution in [0.3, 0.4) is 0 Å². The second-order valence-corrected chi connectivity index (χ2v) is 8.26. The summed E-state index contributed by atoms with van der Waals surface area (Å²) in [7, 11) is 0. The van der Waals surface area contributed by atoms with Crippen LogP contribution in [0.25, 0.3) is 0 Å². The van der Waals surface area contributed by atoms with E-state index in [4.69, 9.17) is 4.98 Å². The number of benzene rings is 1. The third kappa shape index (κ3) is 4.51. The molecular weight excluding hydrogens is 350 g/mol. The maximum atomic E-state index is 12.9. The summed E-state index contributed by atoms with van der Waals surface area (Å²) in [4.78, 5) is 32.7. The van der Waals surface area contributed by atoms with Crippen LogP contribution in [0.4, 0.5) is 0 Å². The molecule has 5 nitrogen and oxygen atoms in total. The van der Waals surface area contributed by atoms with Crippen molar-refractivity contribution in [3.8, 4) is 0 Å². The predicted octanol–water partition coefficient (Wildman–Crippen LogP) is 4.02. The van der Waals surface area contributed by atoms with E-state index in [0.29, 0.717) is 12.3 Å². The molecule has 2 aromatic rings. The number of H-pyrrole nitrogens is 1. The van der Waals surface area contributed by atoms with E-state index in [1.165, 1.54) is 12.8 Å². The average molecular weight is 380 g/mol. The Kier molecular flexibility index (Phi) is 5.89. The van der Waals surface area contributed by atoms with Crippen molar-refractivity contribution in [3.05, 3.63) is 63.8 Å². The Balaban J connectivity index is 1.55. The van der Waals surface area contributed by atoms with Gasteiger partial charge in [0.25, 0.3) is 5.56 Å². The molecule has 0 radical (unpaired) electrons. The first-order valence-corrected chi connectivity index (χ1v) is 10.6. The molecule has 1 heterocycles. The second-order valence-electron chi connectivity index (χ2n) is 8.26. The molecule has 0 saturated heterocycles.